The van der Waals surface area contributed by atoms with Gasteiger partial charge in [-0.2, -0.15) is 5.10 Å². The van der Waals surface area contributed by atoms with E-state index in [9.17, 15) is 4.79 Å². The number of nitrogens with zero attached hydrogens (tertiary/aromatic N) is 3. The lowest BCUT2D eigenvalue weighted by Crippen LogP contribution is -2.41. The van der Waals surface area contributed by atoms with Crippen LogP contribution in [0.1, 0.15) is 42.0 Å². The molecular weight excluding hydrogens is 350 g/mol. The SMILES string of the molecule is CC1CCN(CC(=O)N2N=C(c3cccs3)CC2c2cccs2)CC1. The van der Waals surface area contributed by atoms with Crippen LogP contribution < -0.4 is 0 Å². The molecule has 1 amide bonds. The van der Waals surface area contributed by atoms with Gasteiger partial charge in [-0.15, -0.1) is 22.7 Å². The molecule has 132 valence electrons. The number of piperidine rings is 1. The number of hydrazone groups is 1. The van der Waals surface area contributed by atoms with Crippen LogP contribution in [0.5, 0.6) is 0 Å². The molecule has 0 spiro atoms. The first-order valence-corrected chi connectivity index (χ1v) is 10.7. The van der Waals surface area contributed by atoms with Crippen molar-refractivity contribution in [1.29, 1.82) is 0 Å². The maximum absolute atomic E-state index is 13.0. The van der Waals surface area contributed by atoms with Gasteiger partial charge in [0.2, 0.25) is 0 Å². The quantitative estimate of drug-likeness (QED) is 0.804. The summed E-state index contributed by atoms with van der Waals surface area (Å²) in [5, 5.41) is 10.6. The topological polar surface area (TPSA) is 35.9 Å². The van der Waals surface area contributed by atoms with E-state index in [0.717, 1.165) is 31.1 Å². The first-order chi connectivity index (χ1) is 12.2. The summed E-state index contributed by atoms with van der Waals surface area (Å²) < 4.78 is 0. The zero-order valence-electron chi connectivity index (χ0n) is 14.4. The molecule has 6 heteroatoms. The zero-order chi connectivity index (χ0) is 17.2. The van der Waals surface area contributed by atoms with Crippen LogP contribution >= 0.6 is 22.7 Å². The van der Waals surface area contributed by atoms with E-state index in [-0.39, 0.29) is 11.9 Å². The fourth-order valence-corrected chi connectivity index (χ4v) is 5.05. The van der Waals surface area contributed by atoms with Gasteiger partial charge in [-0.05, 0) is 54.7 Å². The highest BCUT2D eigenvalue weighted by Gasteiger charge is 2.34. The van der Waals surface area contributed by atoms with Gasteiger partial charge in [0.05, 0.1) is 23.2 Å². The molecule has 1 unspecified atom stereocenters. The summed E-state index contributed by atoms with van der Waals surface area (Å²) in [7, 11) is 0. The van der Waals surface area contributed by atoms with Crippen LogP contribution in [0.4, 0.5) is 0 Å². The van der Waals surface area contributed by atoms with Crippen molar-refractivity contribution >= 4 is 34.3 Å². The minimum Gasteiger partial charge on any atom is -0.294 e. The van der Waals surface area contributed by atoms with Gasteiger partial charge in [0.15, 0.2) is 0 Å². The molecule has 0 bridgehead atoms. The van der Waals surface area contributed by atoms with Gasteiger partial charge >= 0.3 is 0 Å². The summed E-state index contributed by atoms with van der Waals surface area (Å²) in [4.78, 5) is 17.7. The van der Waals surface area contributed by atoms with Crippen LogP contribution in [-0.4, -0.2) is 41.2 Å². The highest BCUT2D eigenvalue weighted by Crippen LogP contribution is 2.36. The van der Waals surface area contributed by atoms with E-state index in [1.54, 1.807) is 27.7 Å². The Hall–Kier alpha value is -1.50. The molecule has 25 heavy (non-hydrogen) atoms. The van der Waals surface area contributed by atoms with Gasteiger partial charge in [0.25, 0.3) is 5.91 Å². The van der Waals surface area contributed by atoms with Gasteiger partial charge in [0, 0.05) is 11.3 Å². The predicted octanol–water partition coefficient (Wildman–Crippen LogP) is 4.22. The van der Waals surface area contributed by atoms with Crippen molar-refractivity contribution < 1.29 is 4.79 Å². The van der Waals surface area contributed by atoms with Crippen molar-refractivity contribution in [2.75, 3.05) is 19.6 Å². The third-order valence-corrected chi connectivity index (χ3v) is 6.97. The number of amides is 1. The lowest BCUT2D eigenvalue weighted by atomic mass is 9.99. The number of thiophene rings is 2. The monoisotopic (exact) mass is 373 g/mol. The Balaban J connectivity index is 1.52. The molecule has 2 aromatic heterocycles. The van der Waals surface area contributed by atoms with Crippen LogP contribution in [0, 0.1) is 5.92 Å². The predicted molar refractivity (Wildman–Crippen MR) is 104 cm³/mol. The zero-order valence-corrected chi connectivity index (χ0v) is 16.1. The second kappa shape index (κ2) is 7.40. The molecule has 0 N–H and O–H groups in total. The number of rotatable bonds is 4. The summed E-state index contributed by atoms with van der Waals surface area (Å²) in [6, 6.07) is 8.35. The molecule has 1 atom stereocenters. The lowest BCUT2D eigenvalue weighted by molar-refractivity contribution is -0.134. The minimum absolute atomic E-state index is 0.0494. The van der Waals surface area contributed by atoms with Crippen molar-refractivity contribution in [3.63, 3.8) is 0 Å². The second-order valence-corrected chi connectivity index (χ2v) is 8.88. The van der Waals surface area contributed by atoms with Gasteiger partial charge in [-0.25, -0.2) is 5.01 Å². The number of carbonyl (C=O) groups excluding carboxylic acids is 1. The highest BCUT2D eigenvalue weighted by atomic mass is 32.1. The van der Waals surface area contributed by atoms with Crippen molar-refractivity contribution in [3.8, 4) is 0 Å². The Morgan fingerprint density at radius 2 is 1.96 bits per heavy atom. The maximum Gasteiger partial charge on any atom is 0.257 e. The normalized spacial score (nSPS) is 22.4. The molecule has 4 nitrogen and oxygen atoms in total. The van der Waals surface area contributed by atoms with Crippen LogP contribution in [0.2, 0.25) is 0 Å². The molecule has 0 aliphatic carbocycles. The van der Waals surface area contributed by atoms with Crippen molar-refractivity contribution in [2.45, 2.75) is 32.2 Å². The molecule has 0 radical (unpaired) electrons. The first-order valence-electron chi connectivity index (χ1n) is 8.90. The molecule has 0 saturated carbocycles. The average Bonchev–Trinajstić information content (AvgIpc) is 3.36. The largest absolute Gasteiger partial charge is 0.294 e. The third-order valence-electron chi connectivity index (χ3n) is 5.08. The fraction of sp³-hybridized carbons (Fsp3) is 0.474. The van der Waals surface area contributed by atoms with E-state index in [1.807, 2.05) is 6.07 Å². The molecule has 2 aliphatic heterocycles. The van der Waals surface area contributed by atoms with Crippen LogP contribution in [0.25, 0.3) is 0 Å². The van der Waals surface area contributed by atoms with Crippen molar-refractivity contribution in [3.05, 3.63) is 44.8 Å². The van der Waals surface area contributed by atoms with Gasteiger partial charge in [-0.1, -0.05) is 19.1 Å². The Morgan fingerprint density at radius 1 is 1.20 bits per heavy atom. The number of hydrogen-bond donors (Lipinski definition) is 0. The maximum atomic E-state index is 13.0. The van der Waals surface area contributed by atoms with Crippen LogP contribution in [-0.2, 0) is 4.79 Å². The summed E-state index contributed by atoms with van der Waals surface area (Å²) in [6.45, 7) is 4.82. The Bertz CT molecular complexity index is 731. The van der Waals surface area contributed by atoms with E-state index in [2.05, 4.69) is 40.8 Å². The standard InChI is InChI=1S/C19H23N3OS2/c1-14-6-8-21(9-7-14)13-19(23)22-16(18-5-3-11-25-18)12-15(20-22)17-4-2-10-24-17/h2-5,10-11,14,16H,6-9,12-13H2,1H3. The molecular formula is C19H23N3OS2. The van der Waals surface area contributed by atoms with Crippen molar-refractivity contribution in [1.82, 2.24) is 9.91 Å². The Morgan fingerprint density at radius 3 is 2.64 bits per heavy atom. The molecule has 4 rings (SSSR count). The van der Waals surface area contributed by atoms with Gasteiger partial charge in [-0.3, -0.25) is 9.69 Å². The van der Waals surface area contributed by atoms with E-state index < -0.39 is 0 Å². The average molecular weight is 374 g/mol. The molecule has 1 saturated heterocycles. The van der Waals surface area contributed by atoms with E-state index in [4.69, 9.17) is 5.10 Å². The van der Waals surface area contributed by atoms with Gasteiger partial charge < -0.3 is 0 Å². The van der Waals surface area contributed by atoms with E-state index in [1.165, 1.54) is 22.6 Å². The van der Waals surface area contributed by atoms with E-state index in [0.29, 0.717) is 6.54 Å². The Kier molecular flexibility index (Phi) is 5.01. The smallest absolute Gasteiger partial charge is 0.257 e. The van der Waals surface area contributed by atoms with E-state index >= 15 is 0 Å². The molecule has 4 heterocycles. The van der Waals surface area contributed by atoms with Gasteiger partial charge in [0.1, 0.15) is 0 Å². The third kappa shape index (κ3) is 3.71. The molecule has 1 fully saturated rings. The molecule has 2 aromatic rings. The number of carbonyl (C=O) groups is 1. The molecule has 0 aromatic carbocycles. The first kappa shape index (κ1) is 16.9. The summed E-state index contributed by atoms with van der Waals surface area (Å²) in [5.74, 6) is 0.903. The molecule has 2 aliphatic rings. The number of likely N-dealkylation sites (tertiary alicyclic amines) is 1. The van der Waals surface area contributed by atoms with Crippen LogP contribution in [0.3, 0.4) is 0 Å². The van der Waals surface area contributed by atoms with Crippen LogP contribution in [0.15, 0.2) is 40.1 Å². The summed E-state index contributed by atoms with van der Waals surface area (Å²) in [5.41, 5.74) is 1.04. The van der Waals surface area contributed by atoms with Crippen molar-refractivity contribution in [2.24, 2.45) is 11.0 Å². The highest BCUT2D eigenvalue weighted by molar-refractivity contribution is 7.12. The minimum atomic E-state index is 0.0494. The number of hydrogen-bond acceptors (Lipinski definition) is 5. The summed E-state index contributed by atoms with van der Waals surface area (Å²) >= 11 is 3.40. The fourth-order valence-electron chi connectivity index (χ4n) is 3.52. The lowest BCUT2D eigenvalue weighted by Gasteiger charge is -2.31. The Labute approximate surface area is 156 Å². The summed E-state index contributed by atoms with van der Waals surface area (Å²) in [6.07, 6.45) is 3.18. The second-order valence-electron chi connectivity index (χ2n) is 6.96.